The molecule has 204 valence electrons. The number of hydrogen-bond acceptors (Lipinski definition) is 6. The van der Waals surface area contributed by atoms with Gasteiger partial charge in [-0.15, -0.1) is 0 Å². The zero-order valence-electron chi connectivity index (χ0n) is 22.0. The summed E-state index contributed by atoms with van der Waals surface area (Å²) in [6.45, 7) is 7.49. The maximum absolute atomic E-state index is 13.4. The van der Waals surface area contributed by atoms with E-state index in [1.165, 1.54) is 31.0 Å². The molecule has 2 amide bonds. The van der Waals surface area contributed by atoms with E-state index in [4.69, 9.17) is 11.6 Å². The van der Waals surface area contributed by atoms with Gasteiger partial charge in [0.2, 0.25) is 5.91 Å². The molecule has 9 nitrogen and oxygen atoms in total. The molecule has 3 aliphatic rings. The largest absolute Gasteiger partial charge is 0.390 e. The topological polar surface area (TPSA) is 116 Å². The fraction of sp³-hybridized carbons (Fsp3) is 0.704. The van der Waals surface area contributed by atoms with Gasteiger partial charge in [0.15, 0.2) is 0 Å². The third-order valence-electron chi connectivity index (χ3n) is 8.12. The lowest BCUT2D eigenvalue weighted by Crippen LogP contribution is -2.60. The number of piperidine rings is 1. The number of hydrogen-bond donors (Lipinski definition) is 2. The van der Waals surface area contributed by atoms with Gasteiger partial charge in [0.05, 0.1) is 33.7 Å². The standard InChI is InChI=1S/C27H39ClN4O5/c1-27(2,3)29-25(34)23-13-17-7-4-5-8-18(17)15-30(23)16-24(33)22-9-6-12-31(22)26(35)20-11-10-19(32(36)37)14-21(20)28/h10-11,14,17-18,22-24,33H,4-9,12-13,15-16H2,1-3H3,(H,29,34)/t17-,18+,22-,23-,24-/m0/s1. The van der Waals surface area contributed by atoms with E-state index in [1.54, 1.807) is 4.90 Å². The van der Waals surface area contributed by atoms with Crippen molar-refractivity contribution in [3.8, 4) is 0 Å². The number of halogens is 1. The average Bonchev–Trinajstić information content (AvgIpc) is 3.32. The second kappa shape index (κ2) is 11.3. The molecule has 1 saturated carbocycles. The van der Waals surface area contributed by atoms with Crippen LogP contribution in [0.4, 0.5) is 5.69 Å². The van der Waals surface area contributed by atoms with E-state index in [-0.39, 0.29) is 39.7 Å². The number of non-ortho nitro benzene ring substituents is 1. The van der Waals surface area contributed by atoms with Crippen LogP contribution in [0.5, 0.6) is 0 Å². The lowest BCUT2D eigenvalue weighted by atomic mass is 9.72. The Hall–Kier alpha value is -2.23. The summed E-state index contributed by atoms with van der Waals surface area (Å²) in [5.41, 5.74) is -0.328. The molecule has 37 heavy (non-hydrogen) atoms. The maximum Gasteiger partial charge on any atom is 0.270 e. The van der Waals surface area contributed by atoms with Crippen molar-refractivity contribution < 1.29 is 19.6 Å². The Labute approximate surface area is 223 Å². The summed E-state index contributed by atoms with van der Waals surface area (Å²) < 4.78 is 0. The van der Waals surface area contributed by atoms with E-state index in [0.717, 1.165) is 32.2 Å². The van der Waals surface area contributed by atoms with Crippen molar-refractivity contribution in [2.45, 2.75) is 89.4 Å². The van der Waals surface area contributed by atoms with Crippen LogP contribution in [-0.2, 0) is 4.79 Å². The predicted octanol–water partition coefficient (Wildman–Crippen LogP) is 4.01. The fourth-order valence-electron chi connectivity index (χ4n) is 6.38. The van der Waals surface area contributed by atoms with Gasteiger partial charge in [-0.05, 0) is 64.4 Å². The lowest BCUT2D eigenvalue weighted by Gasteiger charge is -2.47. The first-order chi connectivity index (χ1) is 17.4. The Kier molecular flexibility index (Phi) is 8.45. The zero-order valence-corrected chi connectivity index (χ0v) is 22.7. The average molecular weight is 535 g/mol. The molecular weight excluding hydrogens is 496 g/mol. The van der Waals surface area contributed by atoms with E-state index >= 15 is 0 Å². The summed E-state index contributed by atoms with van der Waals surface area (Å²) >= 11 is 6.23. The SMILES string of the molecule is CC(C)(C)NC(=O)[C@@H]1C[C@@H]2CCCC[C@@H]2CN1C[C@H](O)[C@@H]1CCCN1C(=O)c1ccc([N+](=O)[O-])cc1Cl. The van der Waals surface area contributed by atoms with Crippen LogP contribution < -0.4 is 5.32 Å². The summed E-state index contributed by atoms with van der Waals surface area (Å²) in [6.07, 6.45) is 6.09. The highest BCUT2D eigenvalue weighted by Gasteiger charge is 2.43. The molecule has 0 spiro atoms. The molecule has 0 aromatic heterocycles. The number of aliphatic hydroxyl groups is 1. The molecule has 0 bridgehead atoms. The molecule has 3 fully saturated rings. The molecule has 1 aliphatic carbocycles. The summed E-state index contributed by atoms with van der Waals surface area (Å²) in [6, 6.07) is 3.12. The normalized spacial score (nSPS) is 27.4. The van der Waals surface area contributed by atoms with Gasteiger partial charge < -0.3 is 15.3 Å². The molecule has 10 heteroatoms. The summed E-state index contributed by atoms with van der Waals surface area (Å²) in [4.78, 5) is 40.9. The summed E-state index contributed by atoms with van der Waals surface area (Å²) in [5.74, 6) is 0.724. The molecule has 0 radical (unpaired) electrons. The molecule has 4 rings (SSSR count). The van der Waals surface area contributed by atoms with Crippen molar-refractivity contribution in [3.05, 3.63) is 38.9 Å². The van der Waals surface area contributed by atoms with Crippen LogP contribution in [0.1, 0.15) is 76.1 Å². The molecule has 1 aromatic carbocycles. The summed E-state index contributed by atoms with van der Waals surface area (Å²) in [5, 5.41) is 25.6. The Morgan fingerprint density at radius 3 is 2.54 bits per heavy atom. The van der Waals surface area contributed by atoms with Gasteiger partial charge in [-0.2, -0.15) is 0 Å². The Morgan fingerprint density at radius 2 is 1.89 bits per heavy atom. The molecule has 2 aliphatic heterocycles. The number of β-amino-alcohol motifs (C(OH)–C–C–N with tert-alkyl or cyclic N) is 1. The predicted molar refractivity (Wildman–Crippen MR) is 141 cm³/mol. The highest BCUT2D eigenvalue weighted by molar-refractivity contribution is 6.34. The number of amides is 2. The number of nitro groups is 1. The van der Waals surface area contributed by atoms with E-state index in [9.17, 15) is 24.8 Å². The molecule has 2 N–H and O–H groups in total. The Balaban J connectivity index is 1.49. The van der Waals surface area contributed by atoms with Crippen molar-refractivity contribution in [1.82, 2.24) is 15.1 Å². The van der Waals surface area contributed by atoms with Gasteiger partial charge in [0.1, 0.15) is 0 Å². The number of nitrogens with zero attached hydrogens (tertiary/aromatic N) is 3. The quantitative estimate of drug-likeness (QED) is 0.421. The smallest absolute Gasteiger partial charge is 0.270 e. The Bertz CT molecular complexity index is 1030. The molecule has 5 atom stereocenters. The number of benzene rings is 1. The monoisotopic (exact) mass is 534 g/mol. The van der Waals surface area contributed by atoms with Crippen molar-refractivity contribution in [2.75, 3.05) is 19.6 Å². The van der Waals surface area contributed by atoms with E-state index < -0.39 is 17.1 Å². The van der Waals surface area contributed by atoms with Gasteiger partial charge >= 0.3 is 0 Å². The number of nitro benzene ring substituents is 1. The van der Waals surface area contributed by atoms with Gasteiger partial charge in [0, 0.05) is 37.3 Å². The third kappa shape index (κ3) is 6.44. The van der Waals surface area contributed by atoms with Gasteiger partial charge in [-0.3, -0.25) is 24.6 Å². The number of rotatable bonds is 6. The van der Waals surface area contributed by atoms with Crippen molar-refractivity contribution in [3.63, 3.8) is 0 Å². The van der Waals surface area contributed by atoms with Crippen LogP contribution in [0.25, 0.3) is 0 Å². The maximum atomic E-state index is 13.4. The molecule has 0 unspecified atom stereocenters. The second-order valence-electron chi connectivity index (χ2n) is 11.9. The lowest BCUT2D eigenvalue weighted by molar-refractivity contribution is -0.384. The van der Waals surface area contributed by atoms with Crippen molar-refractivity contribution >= 4 is 29.1 Å². The second-order valence-corrected chi connectivity index (χ2v) is 12.4. The number of nitrogens with one attached hydrogen (secondary N) is 1. The van der Waals surface area contributed by atoms with Crippen LogP contribution in [0, 0.1) is 22.0 Å². The first-order valence-electron chi connectivity index (χ1n) is 13.4. The van der Waals surface area contributed by atoms with Gasteiger partial charge in [-0.1, -0.05) is 30.9 Å². The number of aliphatic hydroxyl groups excluding tert-OH is 1. The van der Waals surface area contributed by atoms with Crippen LogP contribution in [0.2, 0.25) is 5.02 Å². The minimum Gasteiger partial charge on any atom is -0.390 e. The third-order valence-corrected chi connectivity index (χ3v) is 8.44. The van der Waals surface area contributed by atoms with Crippen LogP contribution in [0.3, 0.4) is 0 Å². The van der Waals surface area contributed by atoms with E-state index in [2.05, 4.69) is 10.2 Å². The van der Waals surface area contributed by atoms with Crippen LogP contribution in [0.15, 0.2) is 18.2 Å². The van der Waals surface area contributed by atoms with Crippen LogP contribution in [-0.4, -0.2) is 75.0 Å². The fourth-order valence-corrected chi connectivity index (χ4v) is 6.63. The minimum absolute atomic E-state index is 0.000685. The first kappa shape index (κ1) is 27.8. The van der Waals surface area contributed by atoms with Crippen molar-refractivity contribution in [2.24, 2.45) is 11.8 Å². The number of likely N-dealkylation sites (tertiary alicyclic amines) is 2. The number of carbonyl (C=O) groups is 2. The van der Waals surface area contributed by atoms with Crippen molar-refractivity contribution in [1.29, 1.82) is 0 Å². The Morgan fingerprint density at radius 1 is 1.19 bits per heavy atom. The molecule has 2 saturated heterocycles. The number of carbonyl (C=O) groups excluding carboxylic acids is 2. The van der Waals surface area contributed by atoms with Crippen LogP contribution >= 0.6 is 11.6 Å². The highest BCUT2D eigenvalue weighted by atomic mass is 35.5. The highest BCUT2D eigenvalue weighted by Crippen LogP contribution is 2.39. The van der Waals surface area contributed by atoms with E-state index in [0.29, 0.717) is 31.3 Å². The zero-order chi connectivity index (χ0) is 26.9. The molecular formula is C27H39ClN4O5. The molecule has 2 heterocycles. The van der Waals surface area contributed by atoms with Gasteiger partial charge in [0.25, 0.3) is 11.6 Å². The first-order valence-corrected chi connectivity index (χ1v) is 13.8. The number of fused-ring (bicyclic) bond motifs is 1. The van der Waals surface area contributed by atoms with E-state index in [1.807, 2.05) is 20.8 Å². The molecule has 1 aromatic rings. The van der Waals surface area contributed by atoms with Gasteiger partial charge in [-0.25, -0.2) is 0 Å². The minimum atomic E-state index is -0.826. The summed E-state index contributed by atoms with van der Waals surface area (Å²) in [7, 11) is 0.